The Morgan fingerprint density at radius 3 is 2.63 bits per heavy atom. The van der Waals surface area contributed by atoms with Gasteiger partial charge in [-0.05, 0) is 18.4 Å². The van der Waals surface area contributed by atoms with Gasteiger partial charge in [0.1, 0.15) is 6.61 Å². The standard InChI is InChI=1S/C14H17N3O2/c15-18-10-12-16-13(17-19-12)14(8-4-5-9-14)11-6-2-1-3-7-11/h1-3,6-7H,4-5,8-10,15H2. The second-order valence-corrected chi connectivity index (χ2v) is 4.98. The Labute approximate surface area is 111 Å². The second-order valence-electron chi connectivity index (χ2n) is 4.98. The maximum absolute atomic E-state index is 5.20. The molecule has 1 aliphatic rings. The molecule has 1 aliphatic carbocycles. The number of nitrogens with zero attached hydrogens (tertiary/aromatic N) is 2. The third kappa shape index (κ3) is 2.15. The van der Waals surface area contributed by atoms with E-state index < -0.39 is 0 Å². The van der Waals surface area contributed by atoms with Gasteiger partial charge < -0.3 is 4.52 Å². The maximum Gasteiger partial charge on any atom is 0.254 e. The summed E-state index contributed by atoms with van der Waals surface area (Å²) in [6.07, 6.45) is 4.48. The Morgan fingerprint density at radius 1 is 1.21 bits per heavy atom. The van der Waals surface area contributed by atoms with Gasteiger partial charge in [-0.3, -0.25) is 4.84 Å². The van der Waals surface area contributed by atoms with Gasteiger partial charge in [0, 0.05) is 0 Å². The van der Waals surface area contributed by atoms with Crippen LogP contribution < -0.4 is 5.90 Å². The quantitative estimate of drug-likeness (QED) is 0.853. The van der Waals surface area contributed by atoms with E-state index in [-0.39, 0.29) is 12.0 Å². The van der Waals surface area contributed by atoms with Crippen LogP contribution in [-0.2, 0) is 16.9 Å². The zero-order valence-corrected chi connectivity index (χ0v) is 10.7. The first kappa shape index (κ1) is 12.3. The van der Waals surface area contributed by atoms with E-state index in [4.69, 9.17) is 10.4 Å². The predicted octanol–water partition coefficient (Wildman–Crippen LogP) is 2.32. The lowest BCUT2D eigenvalue weighted by atomic mass is 9.78. The molecule has 2 N–H and O–H groups in total. The Hall–Kier alpha value is -1.72. The van der Waals surface area contributed by atoms with Gasteiger partial charge in [0.2, 0.25) is 0 Å². The fourth-order valence-electron chi connectivity index (χ4n) is 2.96. The third-order valence-corrected chi connectivity index (χ3v) is 3.89. The highest BCUT2D eigenvalue weighted by atomic mass is 16.6. The van der Waals surface area contributed by atoms with Gasteiger partial charge in [-0.25, -0.2) is 5.90 Å². The average Bonchev–Trinajstić information content (AvgIpc) is 3.09. The molecule has 1 fully saturated rings. The van der Waals surface area contributed by atoms with Gasteiger partial charge in [0.15, 0.2) is 5.82 Å². The number of hydrogen-bond acceptors (Lipinski definition) is 5. The molecule has 0 bridgehead atoms. The highest BCUT2D eigenvalue weighted by Crippen LogP contribution is 2.44. The summed E-state index contributed by atoms with van der Waals surface area (Å²) in [7, 11) is 0. The zero-order valence-electron chi connectivity index (χ0n) is 10.7. The molecule has 1 saturated carbocycles. The molecule has 1 aromatic heterocycles. The smallest absolute Gasteiger partial charge is 0.254 e. The van der Waals surface area contributed by atoms with E-state index >= 15 is 0 Å². The van der Waals surface area contributed by atoms with Crippen molar-refractivity contribution in [2.45, 2.75) is 37.7 Å². The highest BCUT2D eigenvalue weighted by Gasteiger charge is 2.41. The summed E-state index contributed by atoms with van der Waals surface area (Å²) in [6.45, 7) is 0.151. The predicted molar refractivity (Wildman–Crippen MR) is 69.0 cm³/mol. The topological polar surface area (TPSA) is 74.2 Å². The van der Waals surface area contributed by atoms with E-state index in [1.165, 1.54) is 18.4 Å². The number of nitrogens with two attached hydrogens (primary N) is 1. The summed E-state index contributed by atoms with van der Waals surface area (Å²) in [5.74, 6) is 6.22. The minimum absolute atomic E-state index is 0.113. The van der Waals surface area contributed by atoms with Gasteiger partial charge in [-0.1, -0.05) is 48.3 Å². The summed E-state index contributed by atoms with van der Waals surface area (Å²) in [6, 6.07) is 10.4. The normalized spacial score (nSPS) is 17.7. The number of hydrogen-bond donors (Lipinski definition) is 1. The first-order valence-corrected chi connectivity index (χ1v) is 6.55. The summed E-state index contributed by atoms with van der Waals surface area (Å²) >= 11 is 0. The Balaban J connectivity index is 2.00. The molecule has 1 aromatic carbocycles. The lowest BCUT2D eigenvalue weighted by Crippen LogP contribution is -2.25. The van der Waals surface area contributed by atoms with E-state index in [9.17, 15) is 0 Å². The van der Waals surface area contributed by atoms with Crippen molar-refractivity contribution in [2.24, 2.45) is 5.90 Å². The van der Waals surface area contributed by atoms with E-state index in [2.05, 4.69) is 39.2 Å². The summed E-state index contributed by atoms with van der Waals surface area (Å²) in [5.41, 5.74) is 1.14. The van der Waals surface area contributed by atoms with Gasteiger partial charge in [0.05, 0.1) is 5.41 Å². The van der Waals surface area contributed by atoms with Crippen LogP contribution >= 0.6 is 0 Å². The first-order valence-electron chi connectivity index (χ1n) is 6.55. The lowest BCUT2D eigenvalue weighted by molar-refractivity contribution is 0.0995. The van der Waals surface area contributed by atoms with Crippen LogP contribution in [0.1, 0.15) is 43.0 Å². The molecular formula is C14H17N3O2. The molecule has 0 saturated heterocycles. The van der Waals surface area contributed by atoms with Crippen molar-refractivity contribution in [1.82, 2.24) is 10.1 Å². The average molecular weight is 259 g/mol. The second kappa shape index (κ2) is 5.11. The summed E-state index contributed by atoms with van der Waals surface area (Å²) in [4.78, 5) is 8.99. The molecule has 19 heavy (non-hydrogen) atoms. The maximum atomic E-state index is 5.20. The van der Waals surface area contributed by atoms with Crippen LogP contribution in [0, 0.1) is 0 Å². The molecule has 1 heterocycles. The van der Waals surface area contributed by atoms with Crippen molar-refractivity contribution in [2.75, 3.05) is 0 Å². The summed E-state index contributed by atoms with van der Waals surface area (Å²) in [5, 5.41) is 4.14. The van der Waals surface area contributed by atoms with Crippen molar-refractivity contribution in [3.63, 3.8) is 0 Å². The van der Waals surface area contributed by atoms with Crippen molar-refractivity contribution < 1.29 is 9.36 Å². The van der Waals surface area contributed by atoms with Gasteiger partial charge in [-0.15, -0.1) is 0 Å². The van der Waals surface area contributed by atoms with E-state index in [0.29, 0.717) is 5.89 Å². The van der Waals surface area contributed by atoms with Crippen LogP contribution in [0.25, 0.3) is 0 Å². The van der Waals surface area contributed by atoms with Crippen molar-refractivity contribution in [3.05, 3.63) is 47.6 Å². The number of rotatable bonds is 4. The number of aromatic nitrogens is 2. The van der Waals surface area contributed by atoms with Crippen LogP contribution in [0.3, 0.4) is 0 Å². The van der Waals surface area contributed by atoms with Crippen LogP contribution in [0.4, 0.5) is 0 Å². The molecular weight excluding hydrogens is 242 g/mol. The molecule has 0 radical (unpaired) electrons. The highest BCUT2D eigenvalue weighted by molar-refractivity contribution is 5.33. The molecule has 0 unspecified atom stereocenters. The number of benzene rings is 1. The Kier molecular flexibility index (Phi) is 3.31. The molecule has 5 heteroatoms. The van der Waals surface area contributed by atoms with Gasteiger partial charge in [-0.2, -0.15) is 4.98 Å². The van der Waals surface area contributed by atoms with Gasteiger partial charge in [0.25, 0.3) is 5.89 Å². The van der Waals surface area contributed by atoms with Crippen molar-refractivity contribution in [3.8, 4) is 0 Å². The molecule has 0 aliphatic heterocycles. The summed E-state index contributed by atoms with van der Waals surface area (Å²) < 4.78 is 5.20. The van der Waals surface area contributed by atoms with Crippen molar-refractivity contribution in [1.29, 1.82) is 0 Å². The Bertz CT molecular complexity index is 533. The largest absolute Gasteiger partial charge is 0.337 e. The third-order valence-electron chi connectivity index (χ3n) is 3.89. The molecule has 100 valence electrons. The van der Waals surface area contributed by atoms with Crippen LogP contribution in [0.5, 0.6) is 0 Å². The van der Waals surface area contributed by atoms with E-state index in [1.807, 2.05) is 6.07 Å². The fourth-order valence-corrected chi connectivity index (χ4v) is 2.96. The SMILES string of the molecule is NOCc1nc(C2(c3ccccc3)CCCC2)no1. The first-order chi connectivity index (χ1) is 9.35. The van der Waals surface area contributed by atoms with Gasteiger partial charge >= 0.3 is 0 Å². The molecule has 0 atom stereocenters. The monoisotopic (exact) mass is 259 g/mol. The molecule has 3 rings (SSSR count). The molecule has 5 nitrogen and oxygen atoms in total. The van der Waals surface area contributed by atoms with Crippen LogP contribution in [-0.4, -0.2) is 10.1 Å². The lowest BCUT2D eigenvalue weighted by Gasteiger charge is -2.25. The molecule has 0 amide bonds. The van der Waals surface area contributed by atoms with Crippen molar-refractivity contribution >= 4 is 0 Å². The van der Waals surface area contributed by atoms with Crippen LogP contribution in [0.2, 0.25) is 0 Å². The van der Waals surface area contributed by atoms with E-state index in [1.54, 1.807) is 0 Å². The minimum atomic E-state index is -0.113. The minimum Gasteiger partial charge on any atom is -0.337 e. The fraction of sp³-hybridized carbons (Fsp3) is 0.429. The Morgan fingerprint density at radius 2 is 1.95 bits per heavy atom. The zero-order chi connectivity index (χ0) is 13.1. The molecule has 2 aromatic rings. The molecule has 0 spiro atoms. The van der Waals surface area contributed by atoms with E-state index in [0.717, 1.165) is 18.7 Å². The van der Waals surface area contributed by atoms with Crippen LogP contribution in [0.15, 0.2) is 34.9 Å².